The lowest BCUT2D eigenvalue weighted by Crippen LogP contribution is -2.25. The number of hydrogen-bond acceptors (Lipinski definition) is 3. The van der Waals surface area contributed by atoms with Gasteiger partial charge in [-0.25, -0.2) is 0 Å². The summed E-state index contributed by atoms with van der Waals surface area (Å²) in [6, 6.07) is 0. The van der Waals surface area contributed by atoms with Crippen molar-refractivity contribution >= 4 is 22.8 Å². The second-order valence-corrected chi connectivity index (χ2v) is 3.98. The highest BCUT2D eigenvalue weighted by molar-refractivity contribution is 6.63. The molecule has 0 amide bonds. The Labute approximate surface area is 88.8 Å². The van der Waals surface area contributed by atoms with Crippen LogP contribution in [0.3, 0.4) is 0 Å². The maximum Gasteiger partial charge on any atom is 0.308 e. The van der Waals surface area contributed by atoms with Gasteiger partial charge in [0.2, 0.25) is 5.24 Å². The molecule has 0 heterocycles. The summed E-state index contributed by atoms with van der Waals surface area (Å²) in [5, 5.41) is -0.271. The van der Waals surface area contributed by atoms with Crippen LogP contribution in [0.4, 0.5) is 0 Å². The van der Waals surface area contributed by atoms with Crippen LogP contribution < -0.4 is 0 Å². The molecule has 0 unspecified atom stereocenters. The first kappa shape index (κ1) is 11.5. The van der Waals surface area contributed by atoms with Gasteiger partial charge in [-0.05, 0) is 44.2 Å². The van der Waals surface area contributed by atoms with Gasteiger partial charge in [0.25, 0.3) is 0 Å². The molecule has 1 aliphatic carbocycles. The van der Waals surface area contributed by atoms with E-state index in [1.807, 2.05) is 0 Å². The van der Waals surface area contributed by atoms with E-state index in [-0.39, 0.29) is 23.0 Å². The SMILES string of the molecule is CCOC(=O)C1CCC(C(=O)Cl)CC1. The summed E-state index contributed by atoms with van der Waals surface area (Å²) in [7, 11) is 0. The Balaban J connectivity index is 2.35. The molecule has 0 saturated heterocycles. The summed E-state index contributed by atoms with van der Waals surface area (Å²) in [5.74, 6) is -0.211. The van der Waals surface area contributed by atoms with E-state index in [1.165, 1.54) is 0 Å². The Morgan fingerprint density at radius 3 is 2.14 bits per heavy atom. The van der Waals surface area contributed by atoms with Crippen LogP contribution in [-0.4, -0.2) is 17.8 Å². The van der Waals surface area contributed by atoms with E-state index in [0.29, 0.717) is 19.4 Å². The first-order valence-corrected chi connectivity index (χ1v) is 5.39. The molecule has 4 heteroatoms. The predicted octanol–water partition coefficient (Wildman–Crippen LogP) is 2.12. The number of halogens is 1. The maximum atomic E-state index is 11.3. The lowest BCUT2D eigenvalue weighted by molar-refractivity contribution is -0.149. The molecule has 0 atom stereocenters. The molecule has 0 aromatic rings. The van der Waals surface area contributed by atoms with Gasteiger partial charge in [0, 0.05) is 5.92 Å². The van der Waals surface area contributed by atoms with Crippen molar-refractivity contribution in [3.8, 4) is 0 Å². The molecule has 1 fully saturated rings. The highest BCUT2D eigenvalue weighted by Gasteiger charge is 2.29. The van der Waals surface area contributed by atoms with Crippen LogP contribution in [0.25, 0.3) is 0 Å². The molecule has 0 bridgehead atoms. The van der Waals surface area contributed by atoms with Gasteiger partial charge in [0.05, 0.1) is 12.5 Å². The van der Waals surface area contributed by atoms with Crippen LogP contribution in [0.1, 0.15) is 32.6 Å². The van der Waals surface area contributed by atoms with E-state index >= 15 is 0 Å². The van der Waals surface area contributed by atoms with Crippen LogP contribution in [0.2, 0.25) is 0 Å². The zero-order chi connectivity index (χ0) is 10.6. The Bertz CT molecular complexity index is 219. The molecule has 0 aliphatic heterocycles. The summed E-state index contributed by atoms with van der Waals surface area (Å²) in [4.78, 5) is 22.2. The topological polar surface area (TPSA) is 43.4 Å². The molecule has 0 radical (unpaired) electrons. The van der Waals surface area contributed by atoms with Crippen LogP contribution in [-0.2, 0) is 14.3 Å². The van der Waals surface area contributed by atoms with Gasteiger partial charge in [-0.3, -0.25) is 9.59 Å². The third-order valence-corrected chi connectivity index (χ3v) is 2.98. The van der Waals surface area contributed by atoms with Gasteiger partial charge in [-0.2, -0.15) is 0 Å². The maximum absolute atomic E-state index is 11.3. The molecule has 0 aromatic heterocycles. The van der Waals surface area contributed by atoms with E-state index < -0.39 is 0 Å². The summed E-state index contributed by atoms with van der Waals surface area (Å²) < 4.78 is 4.92. The number of carbonyl (C=O) groups is 2. The Morgan fingerprint density at radius 1 is 1.21 bits per heavy atom. The van der Waals surface area contributed by atoms with Gasteiger partial charge in [-0.15, -0.1) is 0 Å². The van der Waals surface area contributed by atoms with Crippen LogP contribution in [0, 0.1) is 11.8 Å². The van der Waals surface area contributed by atoms with Crippen molar-refractivity contribution in [1.29, 1.82) is 0 Å². The van der Waals surface area contributed by atoms with Gasteiger partial charge in [0.1, 0.15) is 0 Å². The average Bonchev–Trinajstić information content (AvgIpc) is 2.18. The molecule has 0 spiro atoms. The lowest BCUT2D eigenvalue weighted by Gasteiger charge is -2.24. The Kier molecular flexibility index (Phi) is 4.39. The number of carbonyl (C=O) groups excluding carboxylic acids is 2. The molecular weight excluding hydrogens is 204 g/mol. The minimum atomic E-state index is -0.271. The Hall–Kier alpha value is -0.570. The van der Waals surface area contributed by atoms with Crippen molar-refractivity contribution in [3.05, 3.63) is 0 Å². The van der Waals surface area contributed by atoms with Crippen LogP contribution in [0.5, 0.6) is 0 Å². The van der Waals surface area contributed by atoms with Gasteiger partial charge >= 0.3 is 5.97 Å². The molecule has 0 aromatic carbocycles. The molecule has 3 nitrogen and oxygen atoms in total. The van der Waals surface area contributed by atoms with E-state index in [9.17, 15) is 9.59 Å². The molecule has 80 valence electrons. The lowest BCUT2D eigenvalue weighted by atomic mass is 9.83. The molecule has 14 heavy (non-hydrogen) atoms. The monoisotopic (exact) mass is 218 g/mol. The molecule has 1 saturated carbocycles. The predicted molar refractivity (Wildman–Crippen MR) is 52.9 cm³/mol. The van der Waals surface area contributed by atoms with Crippen LogP contribution >= 0.6 is 11.6 Å². The fraction of sp³-hybridized carbons (Fsp3) is 0.800. The minimum Gasteiger partial charge on any atom is -0.466 e. The van der Waals surface area contributed by atoms with Crippen molar-refractivity contribution < 1.29 is 14.3 Å². The average molecular weight is 219 g/mol. The van der Waals surface area contributed by atoms with Crippen molar-refractivity contribution in [2.45, 2.75) is 32.6 Å². The summed E-state index contributed by atoms with van der Waals surface area (Å²) in [6.07, 6.45) is 2.88. The quantitative estimate of drug-likeness (QED) is 0.538. The van der Waals surface area contributed by atoms with E-state index in [2.05, 4.69) is 0 Å². The van der Waals surface area contributed by atoms with Crippen molar-refractivity contribution in [3.63, 3.8) is 0 Å². The van der Waals surface area contributed by atoms with Gasteiger partial charge in [-0.1, -0.05) is 0 Å². The number of esters is 1. The zero-order valence-corrected chi connectivity index (χ0v) is 9.05. The standard InChI is InChI=1S/C10H15ClO3/c1-2-14-10(13)8-5-3-7(4-6-8)9(11)12/h7-8H,2-6H2,1H3. The van der Waals surface area contributed by atoms with E-state index in [1.54, 1.807) is 6.92 Å². The van der Waals surface area contributed by atoms with Crippen molar-refractivity contribution in [2.75, 3.05) is 6.61 Å². The highest BCUT2D eigenvalue weighted by Crippen LogP contribution is 2.30. The number of rotatable bonds is 3. The summed E-state index contributed by atoms with van der Waals surface area (Å²) in [5.41, 5.74) is 0. The normalized spacial score (nSPS) is 27.0. The fourth-order valence-electron chi connectivity index (χ4n) is 1.82. The Morgan fingerprint density at radius 2 is 1.71 bits per heavy atom. The third kappa shape index (κ3) is 2.98. The zero-order valence-electron chi connectivity index (χ0n) is 8.29. The molecule has 1 rings (SSSR count). The molecular formula is C10H15ClO3. The third-order valence-electron chi connectivity index (χ3n) is 2.67. The minimum absolute atomic E-state index is 0.0257. The van der Waals surface area contributed by atoms with E-state index in [4.69, 9.17) is 16.3 Å². The first-order valence-electron chi connectivity index (χ1n) is 5.01. The molecule has 0 N–H and O–H groups in total. The summed E-state index contributed by atoms with van der Waals surface area (Å²) in [6.45, 7) is 2.22. The van der Waals surface area contributed by atoms with Gasteiger partial charge < -0.3 is 4.74 Å². The second-order valence-electron chi connectivity index (χ2n) is 3.60. The summed E-state index contributed by atoms with van der Waals surface area (Å²) >= 11 is 5.39. The van der Waals surface area contributed by atoms with Crippen molar-refractivity contribution in [2.24, 2.45) is 11.8 Å². The smallest absolute Gasteiger partial charge is 0.308 e. The fourth-order valence-corrected chi connectivity index (χ4v) is 2.03. The number of hydrogen-bond donors (Lipinski definition) is 0. The first-order chi connectivity index (χ1) is 6.65. The van der Waals surface area contributed by atoms with Crippen molar-refractivity contribution in [1.82, 2.24) is 0 Å². The highest BCUT2D eigenvalue weighted by atomic mass is 35.5. The number of ether oxygens (including phenoxy) is 1. The van der Waals surface area contributed by atoms with Crippen LogP contribution in [0.15, 0.2) is 0 Å². The van der Waals surface area contributed by atoms with E-state index in [0.717, 1.165) is 12.8 Å². The second kappa shape index (κ2) is 5.35. The largest absolute Gasteiger partial charge is 0.466 e. The molecule has 1 aliphatic rings. The van der Waals surface area contributed by atoms with Gasteiger partial charge in [0.15, 0.2) is 0 Å².